The minimum absolute atomic E-state index is 0.406. The summed E-state index contributed by atoms with van der Waals surface area (Å²) in [7, 11) is 3.17. The van der Waals surface area contributed by atoms with E-state index >= 15 is 0 Å². The van der Waals surface area contributed by atoms with Crippen LogP contribution < -0.4 is 14.2 Å². The molecule has 0 aliphatic carbocycles. The quantitative estimate of drug-likeness (QED) is 0.772. The molecule has 82 valence electrons. The molecule has 1 rings (SSSR count). The van der Waals surface area contributed by atoms with Crippen molar-refractivity contribution in [2.45, 2.75) is 0 Å². The zero-order chi connectivity index (χ0) is 11.3. The summed E-state index contributed by atoms with van der Waals surface area (Å²) >= 11 is 3.38. The Hall–Kier alpha value is -1.16. The van der Waals surface area contributed by atoms with Gasteiger partial charge in [-0.2, -0.15) is 0 Å². The van der Waals surface area contributed by atoms with Crippen molar-refractivity contribution in [3.05, 3.63) is 29.3 Å². The highest BCUT2D eigenvalue weighted by Gasteiger charge is 2.14. The van der Waals surface area contributed by atoms with Crippen LogP contribution in [0.15, 0.2) is 29.3 Å². The predicted octanol–water partition coefficient (Wildman–Crippen LogP) is 3.03. The standard InChI is InChI=1S/C11H13BrO3/c1-4-7-15-11-9(13-2)6-5-8(12)10(11)14-3/h4-6H,1,7H2,2-3H3. The first-order valence-electron chi connectivity index (χ1n) is 4.38. The maximum absolute atomic E-state index is 5.48. The molecule has 0 aliphatic heterocycles. The number of halogens is 1. The molecule has 0 amide bonds. The third-order valence-corrected chi connectivity index (χ3v) is 2.42. The number of rotatable bonds is 5. The smallest absolute Gasteiger partial charge is 0.205 e. The minimum Gasteiger partial charge on any atom is -0.493 e. The van der Waals surface area contributed by atoms with Crippen molar-refractivity contribution >= 4 is 15.9 Å². The molecule has 0 N–H and O–H groups in total. The number of hydrogen-bond donors (Lipinski definition) is 0. The third-order valence-electron chi connectivity index (χ3n) is 1.80. The fourth-order valence-electron chi connectivity index (χ4n) is 1.15. The van der Waals surface area contributed by atoms with Crippen LogP contribution in [0.4, 0.5) is 0 Å². The van der Waals surface area contributed by atoms with E-state index in [1.807, 2.05) is 12.1 Å². The van der Waals surface area contributed by atoms with Crippen molar-refractivity contribution in [1.29, 1.82) is 0 Å². The van der Waals surface area contributed by atoms with Crippen LogP contribution >= 0.6 is 15.9 Å². The van der Waals surface area contributed by atoms with Gasteiger partial charge in [0.05, 0.1) is 18.7 Å². The molecule has 0 saturated heterocycles. The van der Waals surface area contributed by atoms with Gasteiger partial charge in [0.2, 0.25) is 5.75 Å². The van der Waals surface area contributed by atoms with Gasteiger partial charge in [-0.3, -0.25) is 0 Å². The molecule has 1 aromatic carbocycles. The van der Waals surface area contributed by atoms with Gasteiger partial charge in [0.15, 0.2) is 11.5 Å². The van der Waals surface area contributed by atoms with Crippen molar-refractivity contribution in [3.63, 3.8) is 0 Å². The van der Waals surface area contributed by atoms with Crippen molar-refractivity contribution in [2.24, 2.45) is 0 Å². The Labute approximate surface area is 97.8 Å². The maximum atomic E-state index is 5.48. The summed E-state index contributed by atoms with van der Waals surface area (Å²) in [5.41, 5.74) is 0. The van der Waals surface area contributed by atoms with E-state index in [-0.39, 0.29) is 0 Å². The van der Waals surface area contributed by atoms with Gasteiger partial charge < -0.3 is 14.2 Å². The molecule has 15 heavy (non-hydrogen) atoms. The van der Waals surface area contributed by atoms with E-state index in [2.05, 4.69) is 22.5 Å². The molecule has 1 aromatic rings. The van der Waals surface area contributed by atoms with E-state index in [0.717, 1.165) is 4.47 Å². The zero-order valence-corrected chi connectivity index (χ0v) is 10.3. The lowest BCUT2D eigenvalue weighted by Gasteiger charge is -2.14. The van der Waals surface area contributed by atoms with Crippen LogP contribution in [0.2, 0.25) is 0 Å². The summed E-state index contributed by atoms with van der Waals surface area (Å²) in [6, 6.07) is 3.66. The highest BCUT2D eigenvalue weighted by atomic mass is 79.9. The largest absolute Gasteiger partial charge is 0.493 e. The van der Waals surface area contributed by atoms with Crippen LogP contribution in [0, 0.1) is 0 Å². The molecule has 4 heteroatoms. The molecule has 3 nitrogen and oxygen atoms in total. The summed E-state index contributed by atoms with van der Waals surface area (Å²) in [6.45, 7) is 4.00. The van der Waals surface area contributed by atoms with E-state index in [9.17, 15) is 0 Å². The average molecular weight is 273 g/mol. The van der Waals surface area contributed by atoms with Gasteiger partial charge in [-0.1, -0.05) is 12.7 Å². The van der Waals surface area contributed by atoms with Crippen LogP contribution in [0.25, 0.3) is 0 Å². The summed E-state index contributed by atoms with van der Waals surface area (Å²) in [5, 5.41) is 0. The number of methoxy groups -OCH3 is 2. The second-order valence-corrected chi connectivity index (χ2v) is 3.57. The van der Waals surface area contributed by atoms with Gasteiger partial charge in [-0.15, -0.1) is 0 Å². The Kier molecular flexibility index (Phi) is 4.49. The molecule has 0 fully saturated rings. The Morgan fingerprint density at radius 1 is 1.27 bits per heavy atom. The van der Waals surface area contributed by atoms with Crippen LogP contribution in [-0.4, -0.2) is 20.8 Å². The Balaban J connectivity index is 3.14. The first-order valence-corrected chi connectivity index (χ1v) is 5.18. The minimum atomic E-state index is 0.406. The van der Waals surface area contributed by atoms with Gasteiger partial charge in [0.25, 0.3) is 0 Å². The molecule has 0 unspecified atom stereocenters. The van der Waals surface area contributed by atoms with Crippen molar-refractivity contribution in [1.82, 2.24) is 0 Å². The fraction of sp³-hybridized carbons (Fsp3) is 0.273. The fourth-order valence-corrected chi connectivity index (χ4v) is 1.62. The molecular formula is C11H13BrO3. The van der Waals surface area contributed by atoms with Crippen LogP contribution in [0.1, 0.15) is 0 Å². The maximum Gasteiger partial charge on any atom is 0.205 e. The summed E-state index contributed by atoms with van der Waals surface area (Å²) in [5.74, 6) is 1.84. The average Bonchev–Trinajstić information content (AvgIpc) is 2.26. The monoisotopic (exact) mass is 272 g/mol. The molecule has 0 aromatic heterocycles. The van der Waals surface area contributed by atoms with E-state index in [4.69, 9.17) is 14.2 Å². The third kappa shape index (κ3) is 2.65. The van der Waals surface area contributed by atoms with E-state index in [1.54, 1.807) is 20.3 Å². The highest BCUT2D eigenvalue weighted by molar-refractivity contribution is 9.10. The molecule has 0 aliphatic rings. The summed E-state index contributed by atoms with van der Waals surface area (Å²) in [4.78, 5) is 0. The van der Waals surface area contributed by atoms with Crippen LogP contribution in [-0.2, 0) is 0 Å². The second kappa shape index (κ2) is 5.66. The topological polar surface area (TPSA) is 27.7 Å². The summed E-state index contributed by atoms with van der Waals surface area (Å²) < 4.78 is 16.7. The van der Waals surface area contributed by atoms with Crippen LogP contribution in [0.3, 0.4) is 0 Å². The number of hydrogen-bond acceptors (Lipinski definition) is 3. The molecule has 0 radical (unpaired) electrons. The van der Waals surface area contributed by atoms with E-state index in [1.165, 1.54) is 0 Å². The summed E-state index contributed by atoms with van der Waals surface area (Å²) in [6.07, 6.45) is 1.67. The SMILES string of the molecule is C=CCOc1c(OC)ccc(Br)c1OC. The molecule has 0 spiro atoms. The molecular weight excluding hydrogens is 260 g/mol. The molecule has 0 bridgehead atoms. The Bertz CT molecular complexity index is 350. The molecule has 0 heterocycles. The Morgan fingerprint density at radius 3 is 2.53 bits per heavy atom. The van der Waals surface area contributed by atoms with Gasteiger partial charge in [0.1, 0.15) is 6.61 Å². The van der Waals surface area contributed by atoms with Gasteiger partial charge >= 0.3 is 0 Å². The molecule has 0 atom stereocenters. The van der Waals surface area contributed by atoms with Crippen molar-refractivity contribution < 1.29 is 14.2 Å². The zero-order valence-electron chi connectivity index (χ0n) is 8.75. The molecule has 0 saturated carbocycles. The Morgan fingerprint density at radius 2 is 2.00 bits per heavy atom. The number of ether oxygens (including phenoxy) is 3. The van der Waals surface area contributed by atoms with Gasteiger partial charge in [0, 0.05) is 0 Å². The van der Waals surface area contributed by atoms with Gasteiger partial charge in [-0.05, 0) is 28.1 Å². The lowest BCUT2D eigenvalue weighted by molar-refractivity contribution is 0.300. The lowest BCUT2D eigenvalue weighted by Crippen LogP contribution is -1.99. The highest BCUT2D eigenvalue weighted by Crippen LogP contribution is 2.42. The normalized spacial score (nSPS) is 9.53. The number of benzene rings is 1. The van der Waals surface area contributed by atoms with Crippen molar-refractivity contribution in [3.8, 4) is 17.2 Å². The predicted molar refractivity (Wildman–Crippen MR) is 62.9 cm³/mol. The first kappa shape index (κ1) is 11.9. The first-order chi connectivity index (χ1) is 7.24. The van der Waals surface area contributed by atoms with Crippen molar-refractivity contribution in [2.75, 3.05) is 20.8 Å². The second-order valence-electron chi connectivity index (χ2n) is 2.71. The van der Waals surface area contributed by atoms with Crippen LogP contribution in [0.5, 0.6) is 17.2 Å². The lowest BCUT2D eigenvalue weighted by atomic mass is 10.3. The van der Waals surface area contributed by atoms with Gasteiger partial charge in [-0.25, -0.2) is 0 Å². The van der Waals surface area contributed by atoms with E-state index < -0.39 is 0 Å². The van der Waals surface area contributed by atoms with E-state index in [0.29, 0.717) is 23.9 Å².